The van der Waals surface area contributed by atoms with Gasteiger partial charge in [-0.1, -0.05) is 6.92 Å². The van der Waals surface area contributed by atoms with Crippen LogP contribution >= 0.6 is 0 Å². The van der Waals surface area contributed by atoms with E-state index in [9.17, 15) is 26.7 Å². The maximum atomic E-state index is 13.4. The van der Waals surface area contributed by atoms with E-state index in [1.54, 1.807) is 6.92 Å². The van der Waals surface area contributed by atoms with Crippen molar-refractivity contribution in [2.75, 3.05) is 13.2 Å². The molecule has 0 saturated heterocycles. The Hall–Kier alpha value is -1.90. The molecule has 4 nitrogen and oxygen atoms in total. The van der Waals surface area contributed by atoms with Crippen molar-refractivity contribution in [2.45, 2.75) is 19.4 Å². The predicted molar refractivity (Wildman–Crippen MR) is 63.0 cm³/mol. The fraction of sp³-hybridized carbons (Fsp3) is 0.417. The van der Waals surface area contributed by atoms with Crippen LogP contribution in [-0.2, 0) is 4.79 Å². The molecule has 0 aromatic heterocycles. The van der Waals surface area contributed by atoms with Gasteiger partial charge in [-0.15, -0.1) is 0 Å². The van der Waals surface area contributed by atoms with Gasteiger partial charge in [0, 0.05) is 0 Å². The number of primary amides is 1. The summed E-state index contributed by atoms with van der Waals surface area (Å²) >= 11 is 0. The fourth-order valence-electron chi connectivity index (χ4n) is 1.53. The molecule has 118 valence electrons. The zero-order chi connectivity index (χ0) is 16.4. The molecule has 3 N–H and O–H groups in total. The van der Waals surface area contributed by atoms with Crippen molar-refractivity contribution in [3.63, 3.8) is 0 Å². The van der Waals surface area contributed by atoms with Crippen LogP contribution in [0.3, 0.4) is 0 Å². The number of carbonyl (C=O) groups is 1. The van der Waals surface area contributed by atoms with Crippen molar-refractivity contribution >= 4 is 5.91 Å². The van der Waals surface area contributed by atoms with Crippen LogP contribution in [0.4, 0.5) is 22.0 Å². The first-order chi connectivity index (χ1) is 9.65. The molecule has 0 heterocycles. The summed E-state index contributed by atoms with van der Waals surface area (Å²) < 4.78 is 70.2. The van der Waals surface area contributed by atoms with Crippen molar-refractivity contribution in [1.82, 2.24) is 5.32 Å². The Balaban J connectivity index is 3.12. The maximum Gasteiger partial charge on any atom is 0.240 e. The summed E-state index contributed by atoms with van der Waals surface area (Å²) in [5, 5.41) is 2.60. The number of nitrogens with one attached hydrogen (secondary N) is 1. The Morgan fingerprint density at radius 2 is 1.52 bits per heavy atom. The molecule has 1 amide bonds. The highest BCUT2D eigenvalue weighted by atomic mass is 19.2. The van der Waals surface area contributed by atoms with E-state index in [0.717, 1.165) is 0 Å². The third-order valence-electron chi connectivity index (χ3n) is 2.79. The normalized spacial score (nSPS) is 13.9. The highest BCUT2D eigenvalue weighted by molar-refractivity contribution is 5.84. The van der Waals surface area contributed by atoms with E-state index in [1.807, 2.05) is 0 Å². The maximum absolute atomic E-state index is 13.4. The second-order valence-electron chi connectivity index (χ2n) is 4.41. The number of hydrogen-bond acceptors (Lipinski definition) is 3. The number of hydrogen-bond donors (Lipinski definition) is 2. The third-order valence-corrected chi connectivity index (χ3v) is 2.79. The molecule has 0 radical (unpaired) electrons. The quantitative estimate of drug-likeness (QED) is 0.476. The minimum Gasteiger partial charge on any atom is -0.485 e. The Morgan fingerprint density at radius 1 is 1.10 bits per heavy atom. The fourth-order valence-corrected chi connectivity index (χ4v) is 1.53. The van der Waals surface area contributed by atoms with Gasteiger partial charge in [0.25, 0.3) is 0 Å². The number of halogens is 5. The average molecular weight is 312 g/mol. The Kier molecular flexibility index (Phi) is 5.10. The molecule has 0 aliphatic rings. The predicted octanol–water partition coefficient (Wildman–Crippen LogP) is 1.61. The molecule has 1 rings (SSSR count). The zero-order valence-electron chi connectivity index (χ0n) is 11.2. The summed E-state index contributed by atoms with van der Waals surface area (Å²) in [4.78, 5) is 11.3. The molecular formula is C12H13F5N2O2. The van der Waals surface area contributed by atoms with Gasteiger partial charge in [-0.05, 0) is 13.5 Å². The highest BCUT2D eigenvalue weighted by Crippen LogP contribution is 2.29. The van der Waals surface area contributed by atoms with Gasteiger partial charge in [0.2, 0.25) is 35.0 Å². The van der Waals surface area contributed by atoms with Gasteiger partial charge in [0.05, 0.1) is 0 Å². The summed E-state index contributed by atoms with van der Waals surface area (Å²) in [7, 11) is 0. The van der Waals surface area contributed by atoms with Crippen LogP contribution in [0, 0.1) is 29.1 Å². The largest absolute Gasteiger partial charge is 0.485 e. The van der Waals surface area contributed by atoms with Crippen molar-refractivity contribution in [2.24, 2.45) is 5.73 Å². The molecule has 0 aliphatic heterocycles. The number of likely N-dealkylation sites (N-methyl/N-ethyl adjacent to an activating group) is 1. The van der Waals surface area contributed by atoms with Gasteiger partial charge >= 0.3 is 0 Å². The molecule has 0 saturated carbocycles. The van der Waals surface area contributed by atoms with E-state index < -0.39 is 52.9 Å². The summed E-state index contributed by atoms with van der Waals surface area (Å²) in [6.07, 6.45) is 0. The van der Waals surface area contributed by atoms with Crippen LogP contribution < -0.4 is 15.8 Å². The highest BCUT2D eigenvalue weighted by Gasteiger charge is 2.33. The van der Waals surface area contributed by atoms with E-state index in [-0.39, 0.29) is 6.54 Å². The molecule has 21 heavy (non-hydrogen) atoms. The lowest BCUT2D eigenvalue weighted by Gasteiger charge is -2.27. The van der Waals surface area contributed by atoms with Crippen LogP contribution in [0.25, 0.3) is 0 Å². The van der Waals surface area contributed by atoms with Crippen LogP contribution in [-0.4, -0.2) is 24.6 Å². The van der Waals surface area contributed by atoms with Crippen LogP contribution in [0.15, 0.2) is 0 Å². The topological polar surface area (TPSA) is 64.3 Å². The summed E-state index contributed by atoms with van der Waals surface area (Å²) in [6.45, 7) is 2.44. The zero-order valence-corrected chi connectivity index (χ0v) is 11.2. The third kappa shape index (κ3) is 3.23. The number of carbonyl (C=O) groups excluding carboxylic acids is 1. The van der Waals surface area contributed by atoms with Crippen LogP contribution in [0.5, 0.6) is 5.75 Å². The number of rotatable bonds is 6. The summed E-state index contributed by atoms with van der Waals surface area (Å²) in [5.74, 6) is -13.2. The second-order valence-corrected chi connectivity index (χ2v) is 4.41. The van der Waals surface area contributed by atoms with Crippen LogP contribution in [0.1, 0.15) is 13.8 Å². The van der Waals surface area contributed by atoms with E-state index in [1.165, 1.54) is 6.92 Å². The van der Waals surface area contributed by atoms with Gasteiger partial charge in [-0.2, -0.15) is 8.78 Å². The minimum atomic E-state index is -2.29. The molecule has 1 aromatic carbocycles. The SMILES string of the molecule is CCNC(C)(COc1c(F)c(F)c(F)c(F)c1F)C(N)=O. The van der Waals surface area contributed by atoms with Gasteiger partial charge in [-0.3, -0.25) is 4.79 Å². The number of ether oxygens (including phenoxy) is 1. The number of amides is 1. The second kappa shape index (κ2) is 6.25. The molecule has 1 unspecified atom stereocenters. The van der Waals surface area contributed by atoms with E-state index in [0.29, 0.717) is 0 Å². The molecule has 0 aliphatic carbocycles. The summed E-state index contributed by atoms with van der Waals surface area (Å²) in [6, 6.07) is 0. The monoisotopic (exact) mass is 312 g/mol. The standard InChI is InChI=1S/C12H13F5N2O2/c1-3-19-12(2,11(18)20)4-21-10-8(16)6(14)5(13)7(15)9(10)17/h19H,3-4H2,1-2H3,(H2,18,20). The van der Waals surface area contributed by atoms with Gasteiger partial charge < -0.3 is 15.8 Å². The summed E-state index contributed by atoms with van der Waals surface area (Å²) in [5.41, 5.74) is 3.57. The smallest absolute Gasteiger partial charge is 0.240 e. The van der Waals surface area contributed by atoms with Crippen LogP contribution in [0.2, 0.25) is 0 Å². The first kappa shape index (κ1) is 17.2. The van der Waals surface area contributed by atoms with Gasteiger partial charge in [0.15, 0.2) is 5.75 Å². The lowest BCUT2D eigenvalue weighted by Crippen LogP contribution is -2.57. The first-order valence-corrected chi connectivity index (χ1v) is 5.84. The van der Waals surface area contributed by atoms with Gasteiger partial charge in [-0.25, -0.2) is 13.2 Å². The lowest BCUT2D eigenvalue weighted by molar-refractivity contribution is -0.125. The van der Waals surface area contributed by atoms with Crippen molar-refractivity contribution in [3.05, 3.63) is 29.1 Å². The lowest BCUT2D eigenvalue weighted by atomic mass is 10.0. The molecular weight excluding hydrogens is 299 g/mol. The number of nitrogens with two attached hydrogens (primary N) is 1. The first-order valence-electron chi connectivity index (χ1n) is 5.84. The Bertz CT molecular complexity index is 538. The average Bonchev–Trinajstić information content (AvgIpc) is 2.43. The molecule has 0 fully saturated rings. The van der Waals surface area contributed by atoms with Crippen molar-refractivity contribution in [1.29, 1.82) is 0 Å². The van der Waals surface area contributed by atoms with E-state index in [2.05, 4.69) is 10.1 Å². The van der Waals surface area contributed by atoms with E-state index in [4.69, 9.17) is 5.73 Å². The Labute approximate surface area is 117 Å². The molecule has 0 bridgehead atoms. The molecule has 0 spiro atoms. The van der Waals surface area contributed by atoms with E-state index >= 15 is 0 Å². The molecule has 1 aromatic rings. The molecule has 9 heteroatoms. The van der Waals surface area contributed by atoms with Crippen molar-refractivity contribution < 1.29 is 31.5 Å². The van der Waals surface area contributed by atoms with Gasteiger partial charge in [0.1, 0.15) is 12.1 Å². The minimum absolute atomic E-state index is 0.264. The number of benzene rings is 1. The molecule has 1 atom stereocenters. The van der Waals surface area contributed by atoms with Crippen molar-refractivity contribution in [3.8, 4) is 5.75 Å². The Morgan fingerprint density at radius 3 is 1.90 bits per heavy atom.